The van der Waals surface area contributed by atoms with Crippen molar-refractivity contribution >= 4 is 27.9 Å². The summed E-state index contributed by atoms with van der Waals surface area (Å²) in [6.45, 7) is 4.05. The first-order valence-electron chi connectivity index (χ1n) is 4.92. The molecule has 1 saturated heterocycles. The van der Waals surface area contributed by atoms with Gasteiger partial charge in [0.25, 0.3) is 0 Å². The topological polar surface area (TPSA) is 15.8 Å². The van der Waals surface area contributed by atoms with Gasteiger partial charge in [-0.1, -0.05) is 22.0 Å². The number of likely N-dealkylation sites (N-methyl/N-ethyl adjacent to an activating group) is 1. The molecule has 2 nitrogen and oxygen atoms in total. The Morgan fingerprint density at radius 1 is 1.60 bits per heavy atom. The van der Waals surface area contributed by atoms with E-state index in [-0.39, 0.29) is 0 Å². The molecule has 1 fully saturated rings. The number of benzene rings is 1. The van der Waals surface area contributed by atoms with Gasteiger partial charge in [-0.05, 0) is 43.6 Å². The second-order valence-electron chi connectivity index (χ2n) is 3.77. The van der Waals surface area contributed by atoms with Gasteiger partial charge in [0.15, 0.2) is 0 Å². The summed E-state index contributed by atoms with van der Waals surface area (Å²) in [6, 6.07) is 6.36. The summed E-state index contributed by atoms with van der Waals surface area (Å²) in [5.41, 5.74) is 1.31. The molecule has 4 heteroatoms. The van der Waals surface area contributed by atoms with E-state index in [0.717, 1.165) is 17.6 Å². The maximum Gasteiger partial charge on any atom is 0.0945 e. The number of halogens is 1. The summed E-state index contributed by atoms with van der Waals surface area (Å²) in [4.78, 5) is 1.30. The van der Waals surface area contributed by atoms with E-state index in [1.807, 2.05) is 0 Å². The van der Waals surface area contributed by atoms with Gasteiger partial charge in [-0.25, -0.2) is 4.31 Å². The molecule has 0 unspecified atom stereocenters. The number of hydrogen-bond acceptors (Lipinski definition) is 3. The molecule has 1 atom stereocenters. The molecule has 1 aromatic rings. The van der Waals surface area contributed by atoms with Crippen molar-refractivity contribution in [1.29, 1.82) is 0 Å². The van der Waals surface area contributed by atoms with E-state index in [9.17, 15) is 0 Å². The summed E-state index contributed by atoms with van der Waals surface area (Å²) in [5, 5.41) is 0. The molecule has 0 bridgehead atoms. The molecule has 15 heavy (non-hydrogen) atoms. The summed E-state index contributed by atoms with van der Waals surface area (Å²) in [5.74, 6) is 0. The van der Waals surface area contributed by atoms with Crippen LogP contribution in [-0.4, -0.2) is 30.6 Å². The molecule has 0 aliphatic carbocycles. The normalized spacial score (nSPS) is 19.6. The van der Waals surface area contributed by atoms with Crippen molar-refractivity contribution in [2.75, 3.05) is 20.2 Å². The van der Waals surface area contributed by atoms with E-state index in [1.54, 1.807) is 11.9 Å². The lowest BCUT2D eigenvalue weighted by Crippen LogP contribution is -2.15. The van der Waals surface area contributed by atoms with Gasteiger partial charge in [0.1, 0.15) is 0 Å². The number of hydrogen-bond donors (Lipinski definition) is 0. The highest BCUT2D eigenvalue weighted by molar-refractivity contribution is 9.10. The molecule has 2 rings (SSSR count). The smallest absolute Gasteiger partial charge is 0.0945 e. The lowest BCUT2D eigenvalue weighted by Gasteiger charge is -2.15. The number of rotatable bonds is 4. The van der Waals surface area contributed by atoms with Crippen molar-refractivity contribution in [3.8, 4) is 0 Å². The molecule has 1 heterocycles. The molecule has 0 radical (unpaired) electrons. The second kappa shape index (κ2) is 4.87. The molecule has 1 aliphatic heterocycles. The fourth-order valence-corrected chi connectivity index (χ4v) is 2.82. The number of epoxide rings is 1. The van der Waals surface area contributed by atoms with Gasteiger partial charge >= 0.3 is 0 Å². The molecular formula is C11H14BrNOS. The van der Waals surface area contributed by atoms with Crippen LogP contribution >= 0.6 is 27.9 Å². The first-order chi connectivity index (χ1) is 7.15. The van der Waals surface area contributed by atoms with Crippen LogP contribution in [-0.2, 0) is 4.74 Å². The molecular weight excluding hydrogens is 274 g/mol. The van der Waals surface area contributed by atoms with Crippen LogP contribution < -0.4 is 0 Å². The van der Waals surface area contributed by atoms with Gasteiger partial charge < -0.3 is 4.74 Å². The summed E-state index contributed by atoms with van der Waals surface area (Å²) >= 11 is 5.27. The van der Waals surface area contributed by atoms with Gasteiger partial charge in [-0.3, -0.25) is 0 Å². The van der Waals surface area contributed by atoms with Crippen molar-refractivity contribution in [3.05, 3.63) is 28.2 Å². The van der Waals surface area contributed by atoms with E-state index in [1.165, 1.54) is 10.5 Å². The molecule has 0 spiro atoms. The van der Waals surface area contributed by atoms with E-state index < -0.39 is 0 Å². The van der Waals surface area contributed by atoms with Gasteiger partial charge in [0.2, 0.25) is 0 Å². The standard InChI is InChI=1S/C11H14BrNOS/c1-8-3-4-9(12)5-11(8)15-13(2)6-10-7-14-10/h3-5,10H,6-7H2,1-2H3/t10-/m0/s1. The first kappa shape index (κ1) is 11.5. The number of aryl methyl sites for hydroxylation is 1. The Balaban J connectivity index is 1.98. The number of ether oxygens (including phenoxy) is 1. The second-order valence-corrected chi connectivity index (χ2v) is 5.93. The highest BCUT2D eigenvalue weighted by Crippen LogP contribution is 2.28. The van der Waals surface area contributed by atoms with Gasteiger partial charge in [0.05, 0.1) is 12.7 Å². The molecule has 0 aromatic heterocycles. The Bertz CT molecular complexity index is 354. The third-order valence-corrected chi connectivity index (χ3v) is 3.86. The highest BCUT2D eigenvalue weighted by Gasteiger charge is 2.24. The van der Waals surface area contributed by atoms with Crippen molar-refractivity contribution in [1.82, 2.24) is 4.31 Å². The average Bonchev–Trinajstić information content (AvgIpc) is 2.95. The lowest BCUT2D eigenvalue weighted by atomic mass is 10.2. The first-order valence-corrected chi connectivity index (χ1v) is 6.48. The zero-order valence-electron chi connectivity index (χ0n) is 8.87. The van der Waals surface area contributed by atoms with Crippen LogP contribution in [0.5, 0.6) is 0 Å². The average molecular weight is 288 g/mol. The third-order valence-electron chi connectivity index (χ3n) is 2.27. The Kier molecular flexibility index (Phi) is 3.72. The van der Waals surface area contributed by atoms with Gasteiger partial charge in [0, 0.05) is 15.9 Å². The zero-order chi connectivity index (χ0) is 10.8. The van der Waals surface area contributed by atoms with Crippen molar-refractivity contribution < 1.29 is 4.74 Å². The molecule has 1 aromatic carbocycles. The van der Waals surface area contributed by atoms with Crippen molar-refractivity contribution in [3.63, 3.8) is 0 Å². The van der Waals surface area contributed by atoms with Crippen LogP contribution in [0.4, 0.5) is 0 Å². The van der Waals surface area contributed by atoms with Gasteiger partial charge in [-0.15, -0.1) is 0 Å². The van der Waals surface area contributed by atoms with Gasteiger partial charge in [-0.2, -0.15) is 0 Å². The quantitative estimate of drug-likeness (QED) is 0.625. The van der Waals surface area contributed by atoms with Crippen molar-refractivity contribution in [2.45, 2.75) is 17.9 Å². The summed E-state index contributed by atoms with van der Waals surface area (Å²) in [6.07, 6.45) is 0.454. The summed E-state index contributed by atoms with van der Waals surface area (Å²) < 4.78 is 8.57. The minimum Gasteiger partial charge on any atom is -0.372 e. The van der Waals surface area contributed by atoms with E-state index in [2.05, 4.69) is 52.4 Å². The monoisotopic (exact) mass is 287 g/mol. The Morgan fingerprint density at radius 3 is 3.00 bits per heavy atom. The molecule has 0 saturated carbocycles. The lowest BCUT2D eigenvalue weighted by molar-refractivity contribution is 0.373. The minimum atomic E-state index is 0.454. The highest BCUT2D eigenvalue weighted by atomic mass is 79.9. The minimum absolute atomic E-state index is 0.454. The van der Waals surface area contributed by atoms with E-state index in [4.69, 9.17) is 4.74 Å². The fourth-order valence-electron chi connectivity index (χ4n) is 1.34. The van der Waals surface area contributed by atoms with Crippen LogP contribution in [0.2, 0.25) is 0 Å². The summed E-state index contributed by atoms with van der Waals surface area (Å²) in [7, 11) is 2.10. The molecule has 82 valence electrons. The Labute approximate surface area is 103 Å². The van der Waals surface area contributed by atoms with E-state index in [0.29, 0.717) is 6.10 Å². The maximum atomic E-state index is 5.21. The SMILES string of the molecule is Cc1ccc(Br)cc1SN(C)C[C@H]1CO1. The van der Waals surface area contributed by atoms with Crippen LogP contribution in [0, 0.1) is 6.92 Å². The van der Waals surface area contributed by atoms with E-state index >= 15 is 0 Å². The molecule has 1 aliphatic rings. The maximum absolute atomic E-state index is 5.21. The Hall–Kier alpha value is -0.0300. The zero-order valence-corrected chi connectivity index (χ0v) is 11.3. The van der Waals surface area contributed by atoms with Crippen LogP contribution in [0.25, 0.3) is 0 Å². The largest absolute Gasteiger partial charge is 0.372 e. The van der Waals surface area contributed by atoms with Crippen LogP contribution in [0.15, 0.2) is 27.6 Å². The predicted molar refractivity (Wildman–Crippen MR) is 67.1 cm³/mol. The molecule has 0 N–H and O–H groups in total. The fraction of sp³-hybridized carbons (Fsp3) is 0.455. The van der Waals surface area contributed by atoms with Crippen LogP contribution in [0.1, 0.15) is 5.56 Å². The number of nitrogens with zero attached hydrogens (tertiary/aromatic N) is 1. The molecule has 0 amide bonds. The van der Waals surface area contributed by atoms with Crippen molar-refractivity contribution in [2.24, 2.45) is 0 Å². The van der Waals surface area contributed by atoms with Crippen LogP contribution in [0.3, 0.4) is 0 Å². The predicted octanol–water partition coefficient (Wildman–Crippen LogP) is 3.10. The third kappa shape index (κ3) is 3.48. The Morgan fingerprint density at radius 2 is 2.33 bits per heavy atom.